The largest absolute Gasteiger partial charge is 0.331 e. The average Bonchev–Trinajstić information content (AvgIpc) is 3.29. The molecule has 4 aromatic rings. The van der Waals surface area contributed by atoms with E-state index in [0.29, 0.717) is 39.7 Å². The van der Waals surface area contributed by atoms with Crippen LogP contribution in [-0.4, -0.2) is 42.5 Å². The fourth-order valence-corrected chi connectivity index (χ4v) is 3.94. The fraction of sp³-hybridized carbons (Fsp3) is 0.190. The summed E-state index contributed by atoms with van der Waals surface area (Å²) < 4.78 is 0. The van der Waals surface area contributed by atoms with Crippen molar-refractivity contribution in [1.29, 1.82) is 0 Å². The van der Waals surface area contributed by atoms with Crippen molar-refractivity contribution < 1.29 is 4.79 Å². The molecule has 2 aromatic heterocycles. The molecule has 8 nitrogen and oxygen atoms in total. The Kier molecular flexibility index (Phi) is 5.89. The van der Waals surface area contributed by atoms with Crippen molar-refractivity contribution in [1.82, 2.24) is 30.0 Å². The van der Waals surface area contributed by atoms with E-state index in [9.17, 15) is 9.59 Å². The minimum absolute atomic E-state index is 0.109. The number of H-pyrrole nitrogens is 2. The number of rotatable bonds is 7. The molecule has 2 aromatic carbocycles. The Morgan fingerprint density at radius 1 is 1.13 bits per heavy atom. The predicted octanol–water partition coefficient (Wildman–Crippen LogP) is 3.00. The van der Waals surface area contributed by atoms with E-state index in [4.69, 9.17) is 0 Å². The van der Waals surface area contributed by atoms with E-state index in [1.165, 1.54) is 18.1 Å². The van der Waals surface area contributed by atoms with Crippen LogP contribution in [0.5, 0.6) is 0 Å². The molecule has 152 valence electrons. The van der Waals surface area contributed by atoms with Gasteiger partial charge in [-0.3, -0.25) is 14.7 Å². The minimum atomic E-state index is -0.206. The standard InChI is InChI=1S/C21H20N6O2S/c1-2-27(11-18-24-17-10-6-5-9-16(17)19(28)25-18)20(29)15-8-4-3-7-14(15)12-30-21-22-13-23-26-21/h3-10,13H,2,11-12H2,1H3,(H,22,23,26)(H,24,25,28). The van der Waals surface area contributed by atoms with E-state index in [1.54, 1.807) is 23.1 Å². The number of fused-ring (bicyclic) bond motifs is 1. The van der Waals surface area contributed by atoms with Gasteiger partial charge in [0.25, 0.3) is 11.5 Å². The summed E-state index contributed by atoms with van der Waals surface area (Å²) in [4.78, 5) is 38.7. The van der Waals surface area contributed by atoms with Crippen LogP contribution in [0.2, 0.25) is 0 Å². The number of nitrogens with zero attached hydrogens (tertiary/aromatic N) is 4. The number of hydrogen-bond donors (Lipinski definition) is 2. The maximum atomic E-state index is 13.3. The van der Waals surface area contributed by atoms with Gasteiger partial charge in [-0.15, -0.1) is 0 Å². The number of thioether (sulfide) groups is 1. The number of aromatic nitrogens is 5. The first-order valence-corrected chi connectivity index (χ1v) is 10.5. The number of benzene rings is 2. The lowest BCUT2D eigenvalue weighted by Gasteiger charge is -2.22. The number of amides is 1. The normalized spacial score (nSPS) is 11.0. The molecular weight excluding hydrogens is 400 g/mol. The zero-order chi connectivity index (χ0) is 20.9. The molecule has 0 fully saturated rings. The molecule has 0 saturated heterocycles. The Morgan fingerprint density at radius 3 is 2.73 bits per heavy atom. The molecule has 0 unspecified atom stereocenters. The second kappa shape index (κ2) is 8.91. The van der Waals surface area contributed by atoms with Gasteiger partial charge < -0.3 is 9.88 Å². The summed E-state index contributed by atoms with van der Waals surface area (Å²) in [5.41, 5.74) is 1.93. The highest BCUT2D eigenvalue weighted by atomic mass is 32.2. The molecule has 0 spiro atoms. The predicted molar refractivity (Wildman–Crippen MR) is 115 cm³/mol. The molecule has 0 saturated carbocycles. The summed E-state index contributed by atoms with van der Waals surface area (Å²) in [6, 6.07) is 14.7. The Hall–Kier alpha value is -3.46. The molecule has 1 amide bonds. The molecule has 0 aliphatic rings. The highest BCUT2D eigenvalue weighted by Gasteiger charge is 2.19. The molecule has 9 heteroatoms. The van der Waals surface area contributed by atoms with Gasteiger partial charge in [0.05, 0.1) is 17.4 Å². The van der Waals surface area contributed by atoms with Crippen molar-refractivity contribution in [3.05, 3.63) is 82.2 Å². The highest BCUT2D eigenvalue weighted by molar-refractivity contribution is 7.98. The van der Waals surface area contributed by atoms with E-state index < -0.39 is 0 Å². The molecule has 4 rings (SSSR count). The SMILES string of the molecule is CCN(Cc1nc2ccccc2c(=O)[nH]1)C(=O)c1ccccc1CSc1ncn[nH]1. The molecule has 0 aliphatic heterocycles. The van der Waals surface area contributed by atoms with E-state index in [-0.39, 0.29) is 18.0 Å². The van der Waals surface area contributed by atoms with Crippen LogP contribution in [0.15, 0.2) is 64.8 Å². The van der Waals surface area contributed by atoms with Crippen LogP contribution < -0.4 is 5.56 Å². The number of carbonyl (C=O) groups excluding carboxylic acids is 1. The third kappa shape index (κ3) is 4.25. The first kappa shape index (κ1) is 19.8. The van der Waals surface area contributed by atoms with E-state index in [2.05, 4.69) is 25.1 Å². The van der Waals surface area contributed by atoms with Crippen molar-refractivity contribution in [2.45, 2.75) is 24.4 Å². The van der Waals surface area contributed by atoms with Crippen molar-refractivity contribution in [3.8, 4) is 0 Å². The van der Waals surface area contributed by atoms with Crippen LogP contribution in [0.4, 0.5) is 0 Å². The minimum Gasteiger partial charge on any atom is -0.331 e. The number of nitrogens with one attached hydrogen (secondary N) is 2. The van der Waals surface area contributed by atoms with Crippen LogP contribution in [0.25, 0.3) is 10.9 Å². The summed E-state index contributed by atoms with van der Waals surface area (Å²) in [7, 11) is 0. The molecule has 2 heterocycles. The molecular formula is C21H20N6O2S. The number of hydrogen-bond acceptors (Lipinski definition) is 6. The van der Waals surface area contributed by atoms with Crippen molar-refractivity contribution in [3.63, 3.8) is 0 Å². The second-order valence-corrected chi connectivity index (χ2v) is 7.55. The third-order valence-corrected chi connectivity index (χ3v) is 5.60. The molecule has 2 N–H and O–H groups in total. The first-order valence-electron chi connectivity index (χ1n) is 9.49. The number of aromatic amines is 2. The van der Waals surface area contributed by atoms with Crippen LogP contribution in [0.3, 0.4) is 0 Å². The molecule has 0 bridgehead atoms. The monoisotopic (exact) mass is 420 g/mol. The summed E-state index contributed by atoms with van der Waals surface area (Å²) in [6.07, 6.45) is 1.45. The van der Waals surface area contributed by atoms with Crippen molar-refractivity contribution >= 4 is 28.6 Å². The topological polar surface area (TPSA) is 108 Å². The van der Waals surface area contributed by atoms with Crippen LogP contribution in [0.1, 0.15) is 28.7 Å². The molecule has 30 heavy (non-hydrogen) atoms. The first-order chi connectivity index (χ1) is 14.7. The molecule has 0 atom stereocenters. The summed E-state index contributed by atoms with van der Waals surface area (Å²) in [5, 5.41) is 7.88. The Balaban J connectivity index is 1.57. The lowest BCUT2D eigenvalue weighted by atomic mass is 10.1. The second-order valence-electron chi connectivity index (χ2n) is 6.59. The van der Waals surface area contributed by atoms with Gasteiger partial charge in [0.15, 0.2) is 5.16 Å². The maximum Gasteiger partial charge on any atom is 0.258 e. The van der Waals surface area contributed by atoms with Gasteiger partial charge >= 0.3 is 0 Å². The Morgan fingerprint density at radius 2 is 1.93 bits per heavy atom. The van der Waals surface area contributed by atoms with Crippen molar-refractivity contribution in [2.75, 3.05) is 6.54 Å². The summed E-state index contributed by atoms with van der Waals surface area (Å²) in [5.74, 6) is 0.934. The van der Waals surface area contributed by atoms with Crippen LogP contribution in [0, 0.1) is 0 Å². The fourth-order valence-electron chi connectivity index (χ4n) is 3.15. The zero-order valence-corrected chi connectivity index (χ0v) is 17.1. The van der Waals surface area contributed by atoms with Gasteiger partial charge in [0.1, 0.15) is 12.2 Å². The Bertz CT molecular complexity index is 1220. The van der Waals surface area contributed by atoms with Crippen LogP contribution >= 0.6 is 11.8 Å². The summed E-state index contributed by atoms with van der Waals surface area (Å²) >= 11 is 1.48. The van der Waals surface area contributed by atoms with Gasteiger partial charge in [-0.05, 0) is 30.7 Å². The van der Waals surface area contributed by atoms with Gasteiger partial charge in [0.2, 0.25) is 0 Å². The van der Waals surface area contributed by atoms with E-state index in [0.717, 1.165) is 5.56 Å². The quantitative estimate of drug-likeness (QED) is 0.445. The third-order valence-electron chi connectivity index (χ3n) is 4.68. The lowest BCUT2D eigenvalue weighted by molar-refractivity contribution is 0.0747. The van der Waals surface area contributed by atoms with Gasteiger partial charge in [-0.2, -0.15) is 5.10 Å². The zero-order valence-electron chi connectivity index (χ0n) is 16.3. The summed E-state index contributed by atoms with van der Waals surface area (Å²) in [6.45, 7) is 2.61. The van der Waals surface area contributed by atoms with Gasteiger partial charge in [-0.1, -0.05) is 42.1 Å². The van der Waals surface area contributed by atoms with Gasteiger partial charge in [0, 0.05) is 17.9 Å². The number of para-hydroxylation sites is 1. The highest BCUT2D eigenvalue weighted by Crippen LogP contribution is 2.22. The Labute approximate surface area is 176 Å². The smallest absolute Gasteiger partial charge is 0.258 e. The van der Waals surface area contributed by atoms with Crippen LogP contribution in [-0.2, 0) is 12.3 Å². The van der Waals surface area contributed by atoms with Crippen molar-refractivity contribution in [2.24, 2.45) is 0 Å². The van der Waals surface area contributed by atoms with E-state index in [1.807, 2.05) is 37.3 Å². The maximum absolute atomic E-state index is 13.3. The van der Waals surface area contributed by atoms with E-state index >= 15 is 0 Å². The lowest BCUT2D eigenvalue weighted by Crippen LogP contribution is -2.32. The number of carbonyl (C=O) groups is 1. The average molecular weight is 420 g/mol. The van der Waals surface area contributed by atoms with Gasteiger partial charge in [-0.25, -0.2) is 9.97 Å². The molecule has 0 radical (unpaired) electrons. The molecule has 0 aliphatic carbocycles.